The standard InChI is InChI=1S/C15H22N2O3/c1-3-7-15(2,16)14(18)17-12-6-4-5-11(10-12)13-19-8-9-20-13/h4-6,10,13H,3,7-9,16H2,1-2H3,(H,17,18). The Balaban J connectivity index is 2.06. The maximum absolute atomic E-state index is 12.2. The second-order valence-corrected chi connectivity index (χ2v) is 5.32. The summed E-state index contributed by atoms with van der Waals surface area (Å²) < 4.78 is 10.9. The summed E-state index contributed by atoms with van der Waals surface area (Å²) in [5.74, 6) is -0.176. The van der Waals surface area contributed by atoms with E-state index in [0.717, 1.165) is 12.0 Å². The highest BCUT2D eigenvalue weighted by Gasteiger charge is 2.27. The first kappa shape index (κ1) is 15.0. The lowest BCUT2D eigenvalue weighted by atomic mass is 9.96. The summed E-state index contributed by atoms with van der Waals surface area (Å²) in [7, 11) is 0. The minimum Gasteiger partial charge on any atom is -0.346 e. The van der Waals surface area contributed by atoms with Crippen LogP contribution in [0.2, 0.25) is 0 Å². The summed E-state index contributed by atoms with van der Waals surface area (Å²) in [4.78, 5) is 12.2. The summed E-state index contributed by atoms with van der Waals surface area (Å²) in [6, 6.07) is 7.47. The van der Waals surface area contributed by atoms with E-state index in [4.69, 9.17) is 15.2 Å². The highest BCUT2D eigenvalue weighted by Crippen LogP contribution is 2.25. The number of hydrogen-bond donors (Lipinski definition) is 2. The molecule has 0 saturated carbocycles. The molecule has 3 N–H and O–H groups in total. The zero-order valence-corrected chi connectivity index (χ0v) is 12.0. The Morgan fingerprint density at radius 3 is 2.80 bits per heavy atom. The van der Waals surface area contributed by atoms with Gasteiger partial charge in [-0.25, -0.2) is 0 Å². The van der Waals surface area contributed by atoms with Crippen molar-refractivity contribution in [1.82, 2.24) is 0 Å². The highest BCUT2D eigenvalue weighted by molar-refractivity contribution is 5.97. The molecule has 1 aromatic carbocycles. The molecule has 1 fully saturated rings. The van der Waals surface area contributed by atoms with Gasteiger partial charge in [0, 0.05) is 11.3 Å². The van der Waals surface area contributed by atoms with Gasteiger partial charge in [-0.2, -0.15) is 0 Å². The van der Waals surface area contributed by atoms with Crippen LogP contribution in [0.15, 0.2) is 24.3 Å². The molecule has 0 spiro atoms. The summed E-state index contributed by atoms with van der Waals surface area (Å²) in [5.41, 5.74) is 6.77. The van der Waals surface area contributed by atoms with Crippen LogP contribution in [0.4, 0.5) is 5.69 Å². The molecule has 20 heavy (non-hydrogen) atoms. The molecule has 5 heteroatoms. The lowest BCUT2D eigenvalue weighted by Gasteiger charge is -2.23. The quantitative estimate of drug-likeness (QED) is 0.866. The van der Waals surface area contributed by atoms with Gasteiger partial charge in [-0.05, 0) is 25.5 Å². The van der Waals surface area contributed by atoms with E-state index < -0.39 is 5.54 Å². The number of nitrogens with one attached hydrogen (secondary N) is 1. The minimum atomic E-state index is -0.856. The Morgan fingerprint density at radius 1 is 1.45 bits per heavy atom. The number of hydrogen-bond acceptors (Lipinski definition) is 4. The lowest BCUT2D eigenvalue weighted by Crippen LogP contribution is -2.48. The average Bonchev–Trinajstić information content (AvgIpc) is 2.93. The Kier molecular flexibility index (Phi) is 4.75. The van der Waals surface area contributed by atoms with Crippen LogP contribution in [0.25, 0.3) is 0 Å². The molecule has 0 aromatic heterocycles. The smallest absolute Gasteiger partial charge is 0.244 e. The molecule has 110 valence electrons. The van der Waals surface area contributed by atoms with E-state index in [9.17, 15) is 4.79 Å². The highest BCUT2D eigenvalue weighted by atomic mass is 16.7. The Morgan fingerprint density at radius 2 is 2.15 bits per heavy atom. The lowest BCUT2D eigenvalue weighted by molar-refractivity contribution is -0.120. The number of benzene rings is 1. The van der Waals surface area contributed by atoms with Gasteiger partial charge in [-0.3, -0.25) is 4.79 Å². The van der Waals surface area contributed by atoms with E-state index in [-0.39, 0.29) is 12.2 Å². The third-order valence-electron chi connectivity index (χ3n) is 3.33. The number of amides is 1. The first-order chi connectivity index (χ1) is 9.53. The Labute approximate surface area is 119 Å². The third-order valence-corrected chi connectivity index (χ3v) is 3.33. The molecular weight excluding hydrogens is 256 g/mol. The van der Waals surface area contributed by atoms with Gasteiger partial charge < -0.3 is 20.5 Å². The van der Waals surface area contributed by atoms with Gasteiger partial charge >= 0.3 is 0 Å². The number of ether oxygens (including phenoxy) is 2. The average molecular weight is 278 g/mol. The van der Waals surface area contributed by atoms with Crippen molar-refractivity contribution in [2.45, 2.75) is 38.5 Å². The van der Waals surface area contributed by atoms with Crippen LogP contribution in [-0.2, 0) is 14.3 Å². The van der Waals surface area contributed by atoms with Crippen molar-refractivity contribution in [3.05, 3.63) is 29.8 Å². The second kappa shape index (κ2) is 6.35. The molecule has 1 amide bonds. The number of nitrogens with two attached hydrogens (primary N) is 1. The van der Waals surface area contributed by atoms with Gasteiger partial charge in [-0.1, -0.05) is 25.5 Å². The van der Waals surface area contributed by atoms with E-state index in [2.05, 4.69) is 5.32 Å². The van der Waals surface area contributed by atoms with E-state index >= 15 is 0 Å². The molecule has 1 aliphatic heterocycles. The molecule has 1 saturated heterocycles. The summed E-state index contributed by atoms with van der Waals surface area (Å²) in [6.45, 7) is 4.95. The first-order valence-corrected chi connectivity index (χ1v) is 6.96. The van der Waals surface area contributed by atoms with Crippen LogP contribution in [0.5, 0.6) is 0 Å². The van der Waals surface area contributed by atoms with Gasteiger partial charge in [0.05, 0.1) is 18.8 Å². The largest absolute Gasteiger partial charge is 0.346 e. The van der Waals surface area contributed by atoms with Crippen molar-refractivity contribution in [3.63, 3.8) is 0 Å². The first-order valence-electron chi connectivity index (χ1n) is 6.96. The fourth-order valence-electron chi connectivity index (χ4n) is 2.22. The molecule has 0 radical (unpaired) electrons. The summed E-state index contributed by atoms with van der Waals surface area (Å²) in [5, 5.41) is 2.86. The number of rotatable bonds is 5. The van der Waals surface area contributed by atoms with Crippen molar-refractivity contribution in [2.75, 3.05) is 18.5 Å². The molecule has 1 heterocycles. The van der Waals surface area contributed by atoms with E-state index in [0.29, 0.717) is 25.3 Å². The maximum atomic E-state index is 12.2. The zero-order chi connectivity index (χ0) is 14.6. The number of anilines is 1. The van der Waals surface area contributed by atoms with E-state index in [1.54, 1.807) is 6.92 Å². The molecule has 1 aromatic rings. The molecule has 1 aliphatic rings. The molecule has 2 rings (SSSR count). The molecule has 1 unspecified atom stereocenters. The van der Waals surface area contributed by atoms with Crippen molar-refractivity contribution in [2.24, 2.45) is 5.73 Å². The van der Waals surface area contributed by atoms with Gasteiger partial charge in [0.1, 0.15) is 0 Å². The van der Waals surface area contributed by atoms with Crippen LogP contribution in [0.3, 0.4) is 0 Å². The van der Waals surface area contributed by atoms with Gasteiger partial charge in [-0.15, -0.1) is 0 Å². The van der Waals surface area contributed by atoms with Crippen LogP contribution in [0.1, 0.15) is 38.5 Å². The predicted octanol–water partition coefficient (Wildman–Crippen LogP) is 2.19. The van der Waals surface area contributed by atoms with Crippen LogP contribution in [-0.4, -0.2) is 24.7 Å². The molecular formula is C15H22N2O3. The van der Waals surface area contributed by atoms with Crippen LogP contribution < -0.4 is 11.1 Å². The SMILES string of the molecule is CCCC(C)(N)C(=O)Nc1cccc(C2OCCO2)c1. The molecule has 5 nitrogen and oxygen atoms in total. The van der Waals surface area contributed by atoms with E-state index in [1.807, 2.05) is 31.2 Å². The van der Waals surface area contributed by atoms with Crippen LogP contribution in [0, 0.1) is 0 Å². The second-order valence-electron chi connectivity index (χ2n) is 5.32. The maximum Gasteiger partial charge on any atom is 0.244 e. The van der Waals surface area contributed by atoms with Crippen LogP contribution >= 0.6 is 0 Å². The fourth-order valence-corrected chi connectivity index (χ4v) is 2.22. The van der Waals surface area contributed by atoms with Gasteiger partial charge in [0.15, 0.2) is 6.29 Å². The van der Waals surface area contributed by atoms with Crippen molar-refractivity contribution >= 4 is 11.6 Å². The van der Waals surface area contributed by atoms with Crippen molar-refractivity contribution in [1.29, 1.82) is 0 Å². The summed E-state index contributed by atoms with van der Waals surface area (Å²) >= 11 is 0. The fraction of sp³-hybridized carbons (Fsp3) is 0.533. The monoisotopic (exact) mass is 278 g/mol. The van der Waals surface area contributed by atoms with Gasteiger partial charge in [0.2, 0.25) is 5.91 Å². The number of carbonyl (C=O) groups excluding carboxylic acids is 1. The van der Waals surface area contributed by atoms with Crippen molar-refractivity contribution < 1.29 is 14.3 Å². The number of carbonyl (C=O) groups is 1. The normalized spacial score (nSPS) is 18.8. The zero-order valence-electron chi connectivity index (χ0n) is 12.0. The molecule has 0 bridgehead atoms. The third kappa shape index (κ3) is 3.56. The molecule has 1 atom stereocenters. The van der Waals surface area contributed by atoms with Gasteiger partial charge in [0.25, 0.3) is 0 Å². The Bertz CT molecular complexity index is 468. The van der Waals surface area contributed by atoms with Crippen molar-refractivity contribution in [3.8, 4) is 0 Å². The minimum absolute atomic E-state index is 0.176. The molecule has 0 aliphatic carbocycles. The van der Waals surface area contributed by atoms with E-state index in [1.165, 1.54) is 0 Å². The predicted molar refractivity (Wildman–Crippen MR) is 77.2 cm³/mol. The topological polar surface area (TPSA) is 73.6 Å². The summed E-state index contributed by atoms with van der Waals surface area (Å²) in [6.07, 6.45) is 1.17. The Hall–Kier alpha value is -1.43.